The van der Waals surface area contributed by atoms with Crippen LogP contribution in [0.1, 0.15) is 21.7 Å². The Labute approximate surface area is 64.7 Å². The second-order valence-corrected chi connectivity index (χ2v) is 2.46. The maximum Gasteiger partial charge on any atom is 0.0900 e. The Morgan fingerprint density at radius 1 is 1.45 bits per heavy atom. The molecule has 1 aromatic heterocycles. The quantitative estimate of drug-likeness (QED) is 0.569. The van der Waals surface area contributed by atoms with Crippen LogP contribution in [0.2, 0.25) is 0 Å². The molecule has 1 heterocycles. The van der Waals surface area contributed by atoms with E-state index in [2.05, 4.69) is 4.98 Å². The number of aromatic nitrogens is 1. The van der Waals surface area contributed by atoms with Gasteiger partial charge in [-0.2, -0.15) is 0 Å². The van der Waals surface area contributed by atoms with Crippen molar-refractivity contribution in [2.24, 2.45) is 0 Å². The molecule has 0 saturated heterocycles. The number of aryl methyl sites for hydroxylation is 2. The number of aromatic carboxylic acids is 1. The molecule has 11 heavy (non-hydrogen) atoms. The molecule has 0 aromatic carbocycles. The van der Waals surface area contributed by atoms with Gasteiger partial charge in [-0.1, -0.05) is 0 Å². The predicted molar refractivity (Wildman–Crippen MR) is 38.0 cm³/mol. The van der Waals surface area contributed by atoms with Gasteiger partial charge in [-0.3, -0.25) is 4.98 Å². The van der Waals surface area contributed by atoms with E-state index in [-0.39, 0.29) is 5.69 Å². The second kappa shape index (κ2) is 2.70. The van der Waals surface area contributed by atoms with Crippen LogP contribution >= 0.6 is 0 Å². The molecule has 1 aromatic rings. The second-order valence-electron chi connectivity index (χ2n) is 2.46. The number of carbonyl (C=O) groups is 1. The summed E-state index contributed by atoms with van der Waals surface area (Å²) in [6.07, 6.45) is 0. The Morgan fingerprint density at radius 3 is 2.55 bits per heavy atom. The van der Waals surface area contributed by atoms with Gasteiger partial charge < -0.3 is 9.90 Å². The van der Waals surface area contributed by atoms with Crippen LogP contribution < -0.4 is 5.11 Å². The van der Waals surface area contributed by atoms with Crippen LogP contribution in [-0.2, 0) is 0 Å². The van der Waals surface area contributed by atoms with Crippen molar-refractivity contribution in [3.63, 3.8) is 0 Å². The molecular weight excluding hydrogens is 142 g/mol. The first-order valence-corrected chi connectivity index (χ1v) is 3.26. The summed E-state index contributed by atoms with van der Waals surface area (Å²) in [6.45, 7) is 3.57. The third kappa shape index (κ3) is 1.77. The van der Waals surface area contributed by atoms with Crippen molar-refractivity contribution >= 4 is 5.97 Å². The van der Waals surface area contributed by atoms with Crippen LogP contribution in [0.5, 0.6) is 0 Å². The van der Waals surface area contributed by atoms with Gasteiger partial charge in [0.25, 0.3) is 0 Å². The van der Waals surface area contributed by atoms with Crippen molar-refractivity contribution < 1.29 is 9.90 Å². The van der Waals surface area contributed by atoms with Gasteiger partial charge >= 0.3 is 0 Å². The summed E-state index contributed by atoms with van der Waals surface area (Å²) >= 11 is 0. The SMILES string of the molecule is Cc1cc(C)nc(C(=O)[O-])c1. The molecule has 0 aliphatic rings. The van der Waals surface area contributed by atoms with E-state index in [1.54, 1.807) is 6.92 Å². The summed E-state index contributed by atoms with van der Waals surface area (Å²) in [5.74, 6) is -1.23. The third-order valence-corrected chi connectivity index (χ3v) is 1.31. The molecule has 3 heteroatoms. The highest BCUT2D eigenvalue weighted by Crippen LogP contribution is 2.02. The van der Waals surface area contributed by atoms with Gasteiger partial charge in [-0.15, -0.1) is 0 Å². The summed E-state index contributed by atoms with van der Waals surface area (Å²) in [6, 6.07) is 3.30. The van der Waals surface area contributed by atoms with Crippen molar-refractivity contribution in [1.29, 1.82) is 0 Å². The smallest absolute Gasteiger partial charge is 0.0900 e. The number of carboxylic acids is 1. The minimum Gasteiger partial charge on any atom is -0.543 e. The first-order valence-electron chi connectivity index (χ1n) is 3.26. The minimum atomic E-state index is -1.23. The molecule has 3 nitrogen and oxygen atoms in total. The topological polar surface area (TPSA) is 53.0 Å². The standard InChI is InChI=1S/C8H9NO2/c1-5-3-6(2)9-7(4-5)8(10)11/h3-4H,1-2H3,(H,10,11)/p-1. The molecule has 0 spiro atoms. The van der Waals surface area contributed by atoms with E-state index in [4.69, 9.17) is 0 Å². The van der Waals surface area contributed by atoms with E-state index in [1.165, 1.54) is 6.07 Å². The largest absolute Gasteiger partial charge is 0.543 e. The molecule has 0 N–H and O–H groups in total. The van der Waals surface area contributed by atoms with Crippen LogP contribution in [0.25, 0.3) is 0 Å². The fourth-order valence-electron chi connectivity index (χ4n) is 0.946. The molecule has 0 unspecified atom stereocenters. The first-order chi connectivity index (χ1) is 5.09. The average Bonchev–Trinajstić information content (AvgIpc) is 1.85. The van der Waals surface area contributed by atoms with Crippen LogP contribution in [-0.4, -0.2) is 11.0 Å². The highest BCUT2D eigenvalue weighted by Gasteiger charge is 1.96. The Kier molecular flexibility index (Phi) is 1.89. The number of carboxylic acid groups (broad SMARTS) is 1. The van der Waals surface area contributed by atoms with E-state index < -0.39 is 5.97 Å². The lowest BCUT2D eigenvalue weighted by molar-refractivity contribution is -0.255. The summed E-state index contributed by atoms with van der Waals surface area (Å²) in [4.78, 5) is 14.1. The molecule has 0 saturated carbocycles. The van der Waals surface area contributed by atoms with E-state index in [0.717, 1.165) is 5.56 Å². The molecule has 58 valence electrons. The van der Waals surface area contributed by atoms with Crippen molar-refractivity contribution in [3.05, 3.63) is 29.1 Å². The lowest BCUT2D eigenvalue weighted by Crippen LogP contribution is -2.23. The number of hydrogen-bond acceptors (Lipinski definition) is 3. The number of pyridine rings is 1. The van der Waals surface area contributed by atoms with Crippen LogP contribution in [0.15, 0.2) is 12.1 Å². The molecule has 0 aliphatic carbocycles. The van der Waals surface area contributed by atoms with Gasteiger partial charge in [0.15, 0.2) is 0 Å². The van der Waals surface area contributed by atoms with Gasteiger partial charge in [0.05, 0.1) is 11.7 Å². The lowest BCUT2D eigenvalue weighted by atomic mass is 10.2. The minimum absolute atomic E-state index is 0.00231. The summed E-state index contributed by atoms with van der Waals surface area (Å²) in [5.41, 5.74) is 1.59. The fourth-order valence-corrected chi connectivity index (χ4v) is 0.946. The van der Waals surface area contributed by atoms with Crippen molar-refractivity contribution in [2.45, 2.75) is 13.8 Å². The Morgan fingerprint density at radius 2 is 2.09 bits per heavy atom. The van der Waals surface area contributed by atoms with Gasteiger partial charge in [0.2, 0.25) is 0 Å². The first kappa shape index (κ1) is 7.72. The maximum atomic E-state index is 10.3. The van der Waals surface area contributed by atoms with Crippen LogP contribution in [0.4, 0.5) is 0 Å². The van der Waals surface area contributed by atoms with Crippen molar-refractivity contribution in [3.8, 4) is 0 Å². The molecule has 0 atom stereocenters. The van der Waals surface area contributed by atoms with Gasteiger partial charge in [0.1, 0.15) is 0 Å². The normalized spacial score (nSPS) is 9.64. The Balaban J connectivity index is 3.19. The molecule has 0 bridgehead atoms. The van der Waals surface area contributed by atoms with E-state index >= 15 is 0 Å². The molecule has 0 amide bonds. The van der Waals surface area contributed by atoms with Gasteiger partial charge in [0, 0.05) is 5.69 Å². The number of rotatable bonds is 1. The number of hydrogen-bond donors (Lipinski definition) is 0. The lowest BCUT2D eigenvalue weighted by Gasteiger charge is -2.03. The molecule has 0 aliphatic heterocycles. The van der Waals surface area contributed by atoms with Crippen molar-refractivity contribution in [2.75, 3.05) is 0 Å². The predicted octanol–water partition coefficient (Wildman–Crippen LogP) is 0.0619. The number of nitrogens with zero attached hydrogens (tertiary/aromatic N) is 1. The zero-order valence-electron chi connectivity index (χ0n) is 6.42. The summed E-state index contributed by atoms with van der Waals surface area (Å²) < 4.78 is 0. The zero-order chi connectivity index (χ0) is 8.43. The van der Waals surface area contributed by atoms with E-state index in [0.29, 0.717) is 5.69 Å². The average molecular weight is 150 g/mol. The third-order valence-electron chi connectivity index (χ3n) is 1.31. The Hall–Kier alpha value is -1.38. The zero-order valence-corrected chi connectivity index (χ0v) is 6.42. The van der Waals surface area contributed by atoms with Gasteiger partial charge in [-0.05, 0) is 31.5 Å². The van der Waals surface area contributed by atoms with Crippen LogP contribution in [0, 0.1) is 13.8 Å². The molecule has 1 rings (SSSR count). The number of carbonyl (C=O) groups excluding carboxylic acids is 1. The van der Waals surface area contributed by atoms with E-state index in [9.17, 15) is 9.90 Å². The molecular formula is C8H8NO2-. The van der Waals surface area contributed by atoms with Crippen LogP contribution in [0.3, 0.4) is 0 Å². The highest BCUT2D eigenvalue weighted by molar-refractivity contribution is 5.83. The highest BCUT2D eigenvalue weighted by atomic mass is 16.4. The monoisotopic (exact) mass is 150 g/mol. The van der Waals surface area contributed by atoms with Crippen molar-refractivity contribution in [1.82, 2.24) is 4.98 Å². The fraction of sp³-hybridized carbons (Fsp3) is 0.250. The maximum absolute atomic E-state index is 10.3. The van der Waals surface area contributed by atoms with E-state index in [1.807, 2.05) is 13.0 Å². The summed E-state index contributed by atoms with van der Waals surface area (Å²) in [5, 5.41) is 10.3. The molecule has 0 radical (unpaired) electrons. The molecule has 0 fully saturated rings. The summed E-state index contributed by atoms with van der Waals surface area (Å²) in [7, 11) is 0. The van der Waals surface area contributed by atoms with Gasteiger partial charge in [-0.25, -0.2) is 0 Å². The Bertz CT molecular complexity index is 274.